The Kier molecular flexibility index (Phi) is 5.79. The first-order valence-corrected chi connectivity index (χ1v) is 9.33. The SMILES string of the molecule is Cl.O=C(c1cncc(N2CCC3(CCNCC3)CC2)n1)N1CCCC1. The summed E-state index contributed by atoms with van der Waals surface area (Å²) in [4.78, 5) is 25.7. The van der Waals surface area contributed by atoms with Crippen LogP contribution in [0.25, 0.3) is 0 Å². The molecule has 7 heteroatoms. The van der Waals surface area contributed by atoms with Gasteiger partial charge in [0.25, 0.3) is 5.91 Å². The van der Waals surface area contributed by atoms with Crippen LogP contribution in [0.4, 0.5) is 5.82 Å². The number of anilines is 1. The highest BCUT2D eigenvalue weighted by molar-refractivity contribution is 5.92. The summed E-state index contributed by atoms with van der Waals surface area (Å²) in [5, 5.41) is 3.47. The molecule has 0 unspecified atom stereocenters. The molecular formula is C18H28ClN5O. The number of nitrogens with one attached hydrogen (secondary N) is 1. The molecule has 3 saturated heterocycles. The molecule has 4 rings (SSSR count). The normalized spacial score (nSPS) is 22.7. The van der Waals surface area contributed by atoms with E-state index in [9.17, 15) is 4.79 Å². The molecule has 1 amide bonds. The number of rotatable bonds is 2. The molecule has 1 aromatic rings. The van der Waals surface area contributed by atoms with E-state index in [1.165, 1.54) is 25.7 Å². The van der Waals surface area contributed by atoms with Crippen LogP contribution in [0.3, 0.4) is 0 Å². The Labute approximate surface area is 155 Å². The lowest BCUT2D eigenvalue weighted by Gasteiger charge is -2.44. The molecule has 1 spiro atoms. The minimum absolute atomic E-state index is 0. The third-order valence-electron chi connectivity index (χ3n) is 6.05. The van der Waals surface area contributed by atoms with Gasteiger partial charge in [0.15, 0.2) is 0 Å². The van der Waals surface area contributed by atoms with Crippen LogP contribution < -0.4 is 10.2 Å². The molecule has 6 nitrogen and oxygen atoms in total. The maximum Gasteiger partial charge on any atom is 0.274 e. The zero-order valence-electron chi connectivity index (χ0n) is 14.7. The number of carbonyl (C=O) groups is 1. The van der Waals surface area contributed by atoms with Crippen molar-refractivity contribution in [1.82, 2.24) is 20.2 Å². The van der Waals surface area contributed by atoms with Crippen LogP contribution in [0.5, 0.6) is 0 Å². The van der Waals surface area contributed by atoms with Crippen LogP contribution in [0.2, 0.25) is 0 Å². The molecule has 3 fully saturated rings. The van der Waals surface area contributed by atoms with Gasteiger partial charge >= 0.3 is 0 Å². The lowest BCUT2D eigenvalue weighted by atomic mass is 9.71. The van der Waals surface area contributed by atoms with Crippen LogP contribution in [-0.4, -0.2) is 60.0 Å². The maximum atomic E-state index is 12.5. The van der Waals surface area contributed by atoms with E-state index in [-0.39, 0.29) is 18.3 Å². The number of amides is 1. The van der Waals surface area contributed by atoms with Gasteiger partial charge in [-0.25, -0.2) is 4.98 Å². The van der Waals surface area contributed by atoms with E-state index in [1.54, 1.807) is 12.4 Å². The Morgan fingerprint density at radius 3 is 2.36 bits per heavy atom. The Morgan fingerprint density at radius 1 is 1.00 bits per heavy atom. The fourth-order valence-corrected chi connectivity index (χ4v) is 4.36. The van der Waals surface area contributed by atoms with Gasteiger partial charge in [0.1, 0.15) is 11.5 Å². The molecule has 3 aliphatic rings. The largest absolute Gasteiger partial charge is 0.355 e. The molecule has 138 valence electrons. The van der Waals surface area contributed by atoms with Crippen molar-refractivity contribution < 1.29 is 4.79 Å². The highest BCUT2D eigenvalue weighted by Gasteiger charge is 2.36. The van der Waals surface area contributed by atoms with Gasteiger partial charge in [-0.3, -0.25) is 9.78 Å². The minimum atomic E-state index is 0. The molecule has 3 aliphatic heterocycles. The number of hydrogen-bond donors (Lipinski definition) is 1. The standard InChI is InChI=1S/C18H27N5O.ClH/c24-17(23-9-1-2-10-23)15-13-20-14-16(21-15)22-11-5-18(6-12-22)3-7-19-8-4-18;/h13-14,19H,1-12H2;1H. The molecule has 1 aromatic heterocycles. The van der Waals surface area contributed by atoms with E-state index < -0.39 is 0 Å². The zero-order chi connectivity index (χ0) is 16.4. The summed E-state index contributed by atoms with van der Waals surface area (Å²) < 4.78 is 0. The Hall–Kier alpha value is -1.40. The topological polar surface area (TPSA) is 61.4 Å². The van der Waals surface area contributed by atoms with Crippen LogP contribution in [0, 0.1) is 5.41 Å². The summed E-state index contributed by atoms with van der Waals surface area (Å²) in [6.45, 7) is 6.06. The average Bonchev–Trinajstić information content (AvgIpc) is 3.17. The van der Waals surface area contributed by atoms with Gasteiger partial charge in [-0.05, 0) is 57.0 Å². The summed E-state index contributed by atoms with van der Waals surface area (Å²) in [7, 11) is 0. The number of nitrogens with zero attached hydrogens (tertiary/aromatic N) is 4. The number of halogens is 1. The van der Waals surface area contributed by atoms with E-state index in [0.717, 1.165) is 57.9 Å². The first-order valence-electron chi connectivity index (χ1n) is 9.33. The predicted molar refractivity (Wildman–Crippen MR) is 100 cm³/mol. The summed E-state index contributed by atoms with van der Waals surface area (Å²) in [6.07, 6.45) is 10.6. The zero-order valence-corrected chi connectivity index (χ0v) is 15.6. The van der Waals surface area contributed by atoms with E-state index in [2.05, 4.69) is 20.2 Å². The summed E-state index contributed by atoms with van der Waals surface area (Å²) in [5.74, 6) is 0.900. The molecule has 0 bridgehead atoms. The molecule has 0 radical (unpaired) electrons. The number of likely N-dealkylation sites (tertiary alicyclic amines) is 1. The van der Waals surface area contributed by atoms with Gasteiger partial charge in [0.2, 0.25) is 0 Å². The Balaban J connectivity index is 0.00000182. The van der Waals surface area contributed by atoms with Crippen LogP contribution in [0.15, 0.2) is 12.4 Å². The van der Waals surface area contributed by atoms with Crippen molar-refractivity contribution in [2.45, 2.75) is 38.5 Å². The van der Waals surface area contributed by atoms with E-state index in [0.29, 0.717) is 11.1 Å². The lowest BCUT2D eigenvalue weighted by Crippen LogP contribution is -2.45. The smallest absolute Gasteiger partial charge is 0.274 e. The summed E-state index contributed by atoms with van der Waals surface area (Å²) in [6, 6.07) is 0. The van der Waals surface area contributed by atoms with Crippen LogP contribution >= 0.6 is 12.4 Å². The lowest BCUT2D eigenvalue weighted by molar-refractivity contribution is 0.0786. The Bertz CT molecular complexity index is 589. The highest BCUT2D eigenvalue weighted by Crippen LogP contribution is 2.40. The van der Waals surface area contributed by atoms with Gasteiger partial charge < -0.3 is 15.1 Å². The third kappa shape index (κ3) is 3.90. The summed E-state index contributed by atoms with van der Waals surface area (Å²) >= 11 is 0. The maximum absolute atomic E-state index is 12.5. The predicted octanol–water partition coefficient (Wildman–Crippen LogP) is 2.10. The monoisotopic (exact) mass is 365 g/mol. The van der Waals surface area contributed by atoms with Gasteiger partial charge in [-0.1, -0.05) is 0 Å². The fourth-order valence-electron chi connectivity index (χ4n) is 4.36. The third-order valence-corrected chi connectivity index (χ3v) is 6.05. The molecule has 1 N–H and O–H groups in total. The van der Waals surface area contributed by atoms with Crippen molar-refractivity contribution in [3.8, 4) is 0 Å². The van der Waals surface area contributed by atoms with Crippen molar-refractivity contribution in [3.63, 3.8) is 0 Å². The van der Waals surface area contributed by atoms with Crippen molar-refractivity contribution in [2.75, 3.05) is 44.2 Å². The fraction of sp³-hybridized carbons (Fsp3) is 0.722. The Morgan fingerprint density at radius 2 is 1.68 bits per heavy atom. The van der Waals surface area contributed by atoms with E-state index >= 15 is 0 Å². The molecule has 0 atom stereocenters. The molecule has 25 heavy (non-hydrogen) atoms. The minimum Gasteiger partial charge on any atom is -0.355 e. The number of carbonyl (C=O) groups excluding carboxylic acids is 1. The van der Waals surface area contributed by atoms with Gasteiger partial charge in [0, 0.05) is 26.2 Å². The average molecular weight is 366 g/mol. The highest BCUT2D eigenvalue weighted by atomic mass is 35.5. The van der Waals surface area contributed by atoms with Gasteiger partial charge in [-0.2, -0.15) is 0 Å². The van der Waals surface area contributed by atoms with Gasteiger partial charge in [-0.15, -0.1) is 12.4 Å². The van der Waals surface area contributed by atoms with Crippen LogP contribution in [0.1, 0.15) is 49.0 Å². The summed E-state index contributed by atoms with van der Waals surface area (Å²) in [5.41, 5.74) is 1.02. The second kappa shape index (κ2) is 7.87. The van der Waals surface area contributed by atoms with Crippen molar-refractivity contribution in [2.24, 2.45) is 5.41 Å². The quantitative estimate of drug-likeness (QED) is 0.869. The number of aromatic nitrogens is 2. The molecular weight excluding hydrogens is 338 g/mol. The first kappa shape index (κ1) is 18.4. The molecule has 0 aliphatic carbocycles. The van der Waals surface area contributed by atoms with Crippen LogP contribution in [-0.2, 0) is 0 Å². The van der Waals surface area contributed by atoms with Gasteiger partial charge in [0.05, 0.1) is 12.4 Å². The van der Waals surface area contributed by atoms with Crippen molar-refractivity contribution in [1.29, 1.82) is 0 Å². The van der Waals surface area contributed by atoms with Crippen molar-refractivity contribution in [3.05, 3.63) is 18.1 Å². The van der Waals surface area contributed by atoms with Crippen molar-refractivity contribution >= 4 is 24.1 Å². The van der Waals surface area contributed by atoms with E-state index in [1.807, 2.05) is 4.90 Å². The number of piperidine rings is 2. The number of hydrogen-bond acceptors (Lipinski definition) is 5. The molecule has 0 aromatic carbocycles. The second-order valence-corrected chi connectivity index (χ2v) is 7.50. The first-order chi connectivity index (χ1) is 11.8. The molecule has 4 heterocycles. The second-order valence-electron chi connectivity index (χ2n) is 7.50. The molecule has 0 saturated carbocycles. The van der Waals surface area contributed by atoms with E-state index in [4.69, 9.17) is 0 Å².